The molecule has 47 heavy (non-hydrogen) atoms. The van der Waals surface area contributed by atoms with Gasteiger partial charge in [-0.1, -0.05) is 37.3 Å². The number of amides is 1. The molecule has 0 spiro atoms. The number of thioether (sulfide) groups is 1. The number of hydrogen-bond donors (Lipinski definition) is 1. The smallest absolute Gasteiger partial charge is 0.418 e. The molecule has 2 aromatic rings. The molecule has 1 saturated carbocycles. The summed E-state index contributed by atoms with van der Waals surface area (Å²) in [6.45, 7) is 13.4. The fourth-order valence-corrected chi connectivity index (χ4v) is 7.17. The second-order valence-corrected chi connectivity index (χ2v) is 20.6. The highest BCUT2D eigenvalue weighted by Crippen LogP contribution is 2.66. The minimum Gasteiger partial charge on any atom is -0.480 e. The molecule has 252 valence electrons. The maximum absolute atomic E-state index is 15.6. The highest BCUT2D eigenvalue weighted by molar-refractivity contribution is 8.15. The minimum atomic E-state index is -1.50. The van der Waals surface area contributed by atoms with Crippen LogP contribution in [0.15, 0.2) is 29.6 Å². The van der Waals surface area contributed by atoms with Crippen molar-refractivity contribution in [2.24, 2.45) is 10.9 Å². The molecular formula is C32H39F2N5O6SSi. The van der Waals surface area contributed by atoms with Gasteiger partial charge in [-0.3, -0.25) is 9.79 Å². The number of ether oxygens (including phenoxy) is 3. The number of aromatic nitrogens is 3. The van der Waals surface area contributed by atoms with Crippen molar-refractivity contribution in [3.8, 4) is 18.2 Å². The minimum absolute atomic E-state index is 0.0137. The maximum atomic E-state index is 15.6. The Hall–Kier alpha value is -3.87. The number of pyridine rings is 1. The summed E-state index contributed by atoms with van der Waals surface area (Å²) in [6.07, 6.45) is 9.14. The Morgan fingerprint density at radius 3 is 2.55 bits per heavy atom. The first-order valence-electron chi connectivity index (χ1n) is 14.9. The summed E-state index contributed by atoms with van der Waals surface area (Å²) in [4.78, 5) is 43.9. The van der Waals surface area contributed by atoms with Gasteiger partial charge in [0.15, 0.2) is 17.6 Å². The number of carboxylic acids is 1. The Balaban J connectivity index is 1.73. The van der Waals surface area contributed by atoms with Crippen LogP contribution in [-0.4, -0.2) is 80.6 Å². The lowest BCUT2D eigenvalue weighted by atomic mass is 9.86. The van der Waals surface area contributed by atoms with Gasteiger partial charge in [-0.25, -0.2) is 29.0 Å². The molecule has 0 bridgehead atoms. The third-order valence-corrected chi connectivity index (χ3v) is 10.7. The third kappa shape index (κ3) is 8.54. The Bertz CT molecular complexity index is 1620. The van der Waals surface area contributed by atoms with Gasteiger partial charge in [0.2, 0.25) is 11.8 Å². The van der Waals surface area contributed by atoms with E-state index >= 15 is 8.78 Å². The lowest BCUT2D eigenvalue weighted by Gasteiger charge is -2.37. The summed E-state index contributed by atoms with van der Waals surface area (Å²) in [5.74, 6) is -1.06. The number of aliphatic imine (C=N–C) groups is 1. The van der Waals surface area contributed by atoms with Crippen LogP contribution >= 0.6 is 11.8 Å². The van der Waals surface area contributed by atoms with Crippen molar-refractivity contribution in [2.75, 3.05) is 19.9 Å². The van der Waals surface area contributed by atoms with E-state index in [0.29, 0.717) is 6.61 Å². The van der Waals surface area contributed by atoms with Gasteiger partial charge in [0.05, 0.1) is 17.9 Å². The molecule has 3 unspecified atom stereocenters. The average molecular weight is 688 g/mol. The second-order valence-electron chi connectivity index (χ2n) is 13.7. The SMILES string of the molecule is C#CCOc1cnc(C(F)=Cc2cnc(F)c(C3(C)N=C(N(COCC[Si](C)(C)C)C(=O)OC(C)(C)C)SC4(C(=O)O)CC43)c2)cn1. The molecule has 1 N–H and O–H groups in total. The molecule has 15 heteroatoms. The van der Waals surface area contributed by atoms with E-state index in [4.69, 9.17) is 25.6 Å². The van der Waals surface area contributed by atoms with E-state index in [9.17, 15) is 14.7 Å². The standard InChI is InChI=1S/C32H39F2N5O6SSi/c1-9-10-44-25-18-35-23(17-36-25)22(33)14-20-13-21(26(34)37-16-20)31(5)24-15-32(24,27(40)41)46-28(38-31)39(29(42)45-30(2,3)4)19-43-11-12-47(6,7)8/h1,13-14,16-18,24H,10-12,15,19H2,2-8H3,(H,40,41). The number of hydrogen-bond acceptors (Lipinski definition) is 10. The zero-order valence-corrected chi connectivity index (χ0v) is 29.3. The van der Waals surface area contributed by atoms with Crippen molar-refractivity contribution in [3.05, 3.63) is 47.4 Å². The van der Waals surface area contributed by atoms with E-state index < -0.39 is 53.7 Å². The summed E-state index contributed by atoms with van der Waals surface area (Å²) in [5.41, 5.74) is -2.37. The van der Waals surface area contributed by atoms with Gasteiger partial charge in [0.1, 0.15) is 22.8 Å². The Morgan fingerprint density at radius 2 is 1.96 bits per heavy atom. The highest BCUT2D eigenvalue weighted by Gasteiger charge is 2.72. The third-order valence-electron chi connectivity index (χ3n) is 7.49. The molecule has 0 radical (unpaired) electrons. The molecule has 1 fully saturated rings. The van der Waals surface area contributed by atoms with Gasteiger partial charge >= 0.3 is 12.1 Å². The number of carbonyl (C=O) groups is 2. The number of carbonyl (C=O) groups excluding carboxylic acids is 1. The summed E-state index contributed by atoms with van der Waals surface area (Å²) >= 11 is 0.916. The van der Waals surface area contributed by atoms with E-state index in [-0.39, 0.29) is 47.6 Å². The molecule has 1 aliphatic heterocycles. The predicted molar refractivity (Wildman–Crippen MR) is 177 cm³/mol. The zero-order chi connectivity index (χ0) is 34.8. The Kier molecular flexibility index (Phi) is 10.5. The fraction of sp³-hybridized carbons (Fsp3) is 0.500. The van der Waals surface area contributed by atoms with Crippen molar-refractivity contribution in [2.45, 2.75) is 75.7 Å². The van der Waals surface area contributed by atoms with Crippen molar-refractivity contribution < 1.29 is 37.7 Å². The van der Waals surface area contributed by atoms with Gasteiger partial charge in [-0.05, 0) is 57.9 Å². The number of fused-ring (bicyclic) bond motifs is 1. The second kappa shape index (κ2) is 13.7. The Morgan fingerprint density at radius 1 is 1.23 bits per heavy atom. The summed E-state index contributed by atoms with van der Waals surface area (Å²) in [7, 11) is -1.46. The van der Waals surface area contributed by atoms with E-state index in [0.717, 1.165) is 41.2 Å². The van der Waals surface area contributed by atoms with E-state index in [1.165, 1.54) is 12.3 Å². The van der Waals surface area contributed by atoms with Crippen LogP contribution in [0.1, 0.15) is 50.9 Å². The van der Waals surface area contributed by atoms with E-state index in [2.05, 4.69) is 40.5 Å². The monoisotopic (exact) mass is 687 g/mol. The first-order valence-corrected chi connectivity index (χ1v) is 19.4. The molecule has 3 atom stereocenters. The topological polar surface area (TPSA) is 136 Å². The van der Waals surface area contributed by atoms with Crippen LogP contribution in [-0.2, 0) is 19.8 Å². The number of aliphatic carboxylic acids is 1. The Labute approximate surface area is 278 Å². The van der Waals surface area contributed by atoms with Crippen molar-refractivity contribution >= 4 is 49.0 Å². The average Bonchev–Trinajstić information content (AvgIpc) is 3.73. The number of rotatable bonds is 11. The van der Waals surface area contributed by atoms with Gasteiger partial charge in [0, 0.05) is 32.4 Å². The molecule has 4 rings (SSSR count). The van der Waals surface area contributed by atoms with E-state index in [1.54, 1.807) is 27.7 Å². The van der Waals surface area contributed by atoms with Crippen LogP contribution in [0, 0.1) is 24.2 Å². The highest BCUT2D eigenvalue weighted by atomic mass is 32.2. The van der Waals surface area contributed by atoms with Crippen molar-refractivity contribution in [1.29, 1.82) is 0 Å². The molecule has 0 saturated heterocycles. The van der Waals surface area contributed by atoms with E-state index in [1.807, 2.05) is 0 Å². The molecule has 2 aliphatic rings. The number of nitrogens with zero attached hydrogens (tertiary/aromatic N) is 5. The summed E-state index contributed by atoms with van der Waals surface area (Å²) < 4.78 is 46.1. The number of amidine groups is 1. The number of carboxylic acid groups (broad SMARTS) is 1. The van der Waals surface area contributed by atoms with Crippen LogP contribution in [0.5, 0.6) is 5.88 Å². The lowest BCUT2D eigenvalue weighted by molar-refractivity contribution is -0.137. The molecule has 2 aromatic heterocycles. The number of halogens is 2. The molecule has 3 heterocycles. The zero-order valence-electron chi connectivity index (χ0n) is 27.5. The van der Waals surface area contributed by atoms with Crippen LogP contribution < -0.4 is 4.74 Å². The van der Waals surface area contributed by atoms with Gasteiger partial charge in [-0.15, -0.1) is 6.42 Å². The molecular weight excluding hydrogens is 649 g/mol. The molecule has 1 amide bonds. The van der Waals surface area contributed by atoms with Crippen LogP contribution in [0.3, 0.4) is 0 Å². The fourth-order valence-electron chi connectivity index (χ4n) is 4.90. The quantitative estimate of drug-likeness (QED) is 0.0956. The van der Waals surface area contributed by atoms with Crippen molar-refractivity contribution in [3.63, 3.8) is 0 Å². The summed E-state index contributed by atoms with van der Waals surface area (Å²) in [5, 5.41) is 10.4. The normalized spacial score (nSPS) is 22.4. The lowest BCUT2D eigenvalue weighted by Crippen LogP contribution is -2.47. The van der Waals surface area contributed by atoms with Gasteiger partial charge < -0.3 is 19.3 Å². The molecule has 11 nitrogen and oxygen atoms in total. The van der Waals surface area contributed by atoms with Crippen LogP contribution in [0.2, 0.25) is 25.7 Å². The predicted octanol–water partition coefficient (Wildman–Crippen LogP) is 6.20. The first kappa shape index (κ1) is 36.0. The van der Waals surface area contributed by atoms with Crippen molar-refractivity contribution in [1.82, 2.24) is 19.9 Å². The summed E-state index contributed by atoms with van der Waals surface area (Å²) in [6, 6.07) is 2.20. The van der Waals surface area contributed by atoms with Gasteiger partial charge in [-0.2, -0.15) is 4.39 Å². The molecule has 1 aliphatic carbocycles. The number of terminal acetylenes is 1. The van der Waals surface area contributed by atoms with Crippen LogP contribution in [0.25, 0.3) is 11.9 Å². The maximum Gasteiger partial charge on any atom is 0.418 e. The van der Waals surface area contributed by atoms with Gasteiger partial charge in [0.25, 0.3) is 0 Å². The largest absolute Gasteiger partial charge is 0.480 e. The first-order chi connectivity index (χ1) is 21.9. The molecule has 0 aromatic carbocycles. The van der Waals surface area contributed by atoms with Crippen LogP contribution in [0.4, 0.5) is 13.6 Å².